The Balaban J connectivity index is 1.13. The van der Waals surface area contributed by atoms with Gasteiger partial charge in [-0.05, 0) is 99.6 Å². The maximum Gasteiger partial charge on any atom is 0.407 e. The highest BCUT2D eigenvalue weighted by molar-refractivity contribution is 5.85. The van der Waals surface area contributed by atoms with Gasteiger partial charge in [0.1, 0.15) is 18.8 Å². The lowest BCUT2D eigenvalue weighted by Gasteiger charge is -2.63. The Morgan fingerprint density at radius 1 is 1.10 bits per heavy atom. The molecule has 2 N–H and O–H groups in total. The first kappa shape index (κ1) is 29.0. The van der Waals surface area contributed by atoms with E-state index in [1.54, 1.807) is 6.08 Å². The molecule has 4 aliphatic carbocycles. The Bertz CT molecular complexity index is 1090. The van der Waals surface area contributed by atoms with Crippen LogP contribution in [0.3, 0.4) is 0 Å². The van der Waals surface area contributed by atoms with Crippen LogP contribution in [0.15, 0.2) is 11.6 Å². The van der Waals surface area contributed by atoms with Gasteiger partial charge < -0.3 is 29.5 Å². The van der Waals surface area contributed by atoms with Gasteiger partial charge in [0.25, 0.3) is 0 Å². The van der Waals surface area contributed by atoms with E-state index < -0.39 is 17.1 Å². The SMILES string of the molecule is CC(=O)OC1CC2(O)C3CCC4CC(OC(=O)NCCN5CCCC5)CCC4(C)C3CCC2(C)C1C1=CC(=O)OC1. The quantitative estimate of drug-likeness (QED) is 0.363. The third-order valence-corrected chi connectivity index (χ3v) is 12.4. The second-order valence-corrected chi connectivity index (χ2v) is 14.3. The minimum absolute atomic E-state index is 0.0623. The Hall–Kier alpha value is -2.13. The summed E-state index contributed by atoms with van der Waals surface area (Å²) in [7, 11) is 0. The third kappa shape index (κ3) is 4.98. The number of carbonyl (C=O) groups is 3. The second kappa shape index (κ2) is 10.9. The average Bonchev–Trinajstić information content (AvgIpc) is 3.62. The predicted octanol–water partition coefficient (Wildman–Crippen LogP) is 3.98. The number of hydrogen-bond acceptors (Lipinski definition) is 8. The Morgan fingerprint density at radius 2 is 1.88 bits per heavy atom. The molecule has 4 saturated carbocycles. The maximum atomic E-state index is 12.7. The summed E-state index contributed by atoms with van der Waals surface area (Å²) in [5.41, 5.74) is -0.601. The topological polar surface area (TPSA) is 114 Å². The van der Waals surface area contributed by atoms with Gasteiger partial charge in [0.15, 0.2) is 0 Å². The van der Waals surface area contributed by atoms with Crippen LogP contribution in [0.4, 0.5) is 4.79 Å². The van der Waals surface area contributed by atoms with E-state index >= 15 is 0 Å². The number of carbonyl (C=O) groups excluding carboxylic acids is 3. The first-order chi connectivity index (χ1) is 19.5. The first-order valence-electron chi connectivity index (χ1n) is 16.0. The molecule has 5 fully saturated rings. The minimum Gasteiger partial charge on any atom is -0.462 e. The van der Waals surface area contributed by atoms with Crippen LogP contribution in [-0.2, 0) is 23.8 Å². The fourth-order valence-corrected chi connectivity index (χ4v) is 10.4. The number of alkyl carbamates (subject to hydrolysis) is 1. The summed E-state index contributed by atoms with van der Waals surface area (Å²) in [6.07, 6.45) is 9.97. The number of nitrogens with zero attached hydrogens (tertiary/aromatic N) is 1. The van der Waals surface area contributed by atoms with Gasteiger partial charge in [-0.15, -0.1) is 0 Å². The molecule has 0 spiro atoms. The summed E-state index contributed by atoms with van der Waals surface area (Å²) < 4.78 is 17.0. The van der Waals surface area contributed by atoms with Crippen LogP contribution < -0.4 is 5.32 Å². The summed E-state index contributed by atoms with van der Waals surface area (Å²) in [5, 5.41) is 15.6. The largest absolute Gasteiger partial charge is 0.462 e. The molecule has 2 heterocycles. The van der Waals surface area contributed by atoms with Crippen molar-refractivity contribution in [2.75, 3.05) is 32.8 Å². The van der Waals surface area contributed by atoms with Gasteiger partial charge >= 0.3 is 18.0 Å². The summed E-state index contributed by atoms with van der Waals surface area (Å²) in [6.45, 7) is 9.90. The van der Waals surface area contributed by atoms with Gasteiger partial charge in [0.05, 0.1) is 5.60 Å². The maximum absolute atomic E-state index is 12.7. The zero-order chi connectivity index (χ0) is 29.0. The molecule has 0 aromatic carbocycles. The molecular weight excluding hydrogens is 524 g/mol. The van der Waals surface area contributed by atoms with E-state index in [-0.39, 0.29) is 48.0 Å². The van der Waals surface area contributed by atoms with Crippen LogP contribution in [0, 0.1) is 34.5 Å². The first-order valence-corrected chi connectivity index (χ1v) is 16.0. The Labute approximate surface area is 243 Å². The summed E-state index contributed by atoms with van der Waals surface area (Å²) in [5.74, 6) is -0.0681. The van der Waals surface area contributed by atoms with Gasteiger partial charge in [0.2, 0.25) is 0 Å². The van der Waals surface area contributed by atoms with Crippen molar-refractivity contribution < 1.29 is 33.7 Å². The van der Waals surface area contributed by atoms with E-state index in [0.717, 1.165) is 70.2 Å². The number of hydrogen-bond donors (Lipinski definition) is 2. The summed E-state index contributed by atoms with van der Waals surface area (Å²) in [6, 6.07) is 0. The highest BCUT2D eigenvalue weighted by Crippen LogP contribution is 2.70. The van der Waals surface area contributed by atoms with Crippen molar-refractivity contribution >= 4 is 18.0 Å². The van der Waals surface area contributed by atoms with Crippen molar-refractivity contribution in [2.45, 2.75) is 103 Å². The highest BCUT2D eigenvalue weighted by Gasteiger charge is 2.71. The summed E-state index contributed by atoms with van der Waals surface area (Å²) in [4.78, 5) is 39.1. The minimum atomic E-state index is -0.996. The Morgan fingerprint density at radius 3 is 2.59 bits per heavy atom. The molecule has 9 nitrogen and oxygen atoms in total. The van der Waals surface area contributed by atoms with Crippen molar-refractivity contribution in [1.29, 1.82) is 0 Å². The zero-order valence-electron chi connectivity index (χ0n) is 25.0. The zero-order valence-corrected chi connectivity index (χ0v) is 25.0. The molecule has 0 aromatic heterocycles. The van der Waals surface area contributed by atoms with E-state index in [1.807, 2.05) is 0 Å². The molecule has 228 valence electrons. The summed E-state index contributed by atoms with van der Waals surface area (Å²) >= 11 is 0. The van der Waals surface area contributed by atoms with E-state index in [4.69, 9.17) is 14.2 Å². The standard InChI is InChI=1S/C32H48N2O7/c1-20(35)40-26-18-32(38)25-7-6-22-17-23(41-29(37)33-12-15-34-13-4-5-14-34)8-10-30(22,2)24(25)9-11-31(32,3)28(26)21-16-27(36)39-19-21/h16,22-26,28,38H,4-15,17-19H2,1-3H3,(H,33,37). The molecule has 0 bridgehead atoms. The van der Waals surface area contributed by atoms with Crippen LogP contribution in [0.2, 0.25) is 0 Å². The van der Waals surface area contributed by atoms with E-state index in [1.165, 1.54) is 19.8 Å². The van der Waals surface area contributed by atoms with E-state index in [2.05, 4.69) is 24.1 Å². The second-order valence-electron chi connectivity index (χ2n) is 14.3. The number of esters is 2. The van der Waals surface area contributed by atoms with Crippen molar-refractivity contribution in [2.24, 2.45) is 34.5 Å². The molecule has 9 unspecified atom stereocenters. The van der Waals surface area contributed by atoms with Gasteiger partial charge in [0, 0.05) is 43.8 Å². The number of fused-ring (bicyclic) bond motifs is 5. The van der Waals surface area contributed by atoms with Crippen LogP contribution in [-0.4, -0.2) is 78.6 Å². The van der Waals surface area contributed by atoms with Crippen molar-refractivity contribution in [3.05, 3.63) is 11.6 Å². The van der Waals surface area contributed by atoms with Crippen molar-refractivity contribution in [3.8, 4) is 0 Å². The number of amides is 1. The smallest absolute Gasteiger partial charge is 0.407 e. The van der Waals surface area contributed by atoms with E-state index in [9.17, 15) is 19.5 Å². The van der Waals surface area contributed by atoms with Crippen molar-refractivity contribution in [3.63, 3.8) is 0 Å². The molecule has 2 aliphatic heterocycles. The van der Waals surface area contributed by atoms with Crippen LogP contribution in [0.1, 0.15) is 85.0 Å². The normalized spacial score (nSPS) is 43.8. The molecule has 1 amide bonds. The van der Waals surface area contributed by atoms with Crippen LogP contribution >= 0.6 is 0 Å². The monoisotopic (exact) mass is 572 g/mol. The van der Waals surface area contributed by atoms with E-state index in [0.29, 0.717) is 24.8 Å². The molecular formula is C32H48N2O7. The molecule has 41 heavy (non-hydrogen) atoms. The van der Waals surface area contributed by atoms with Gasteiger partial charge in [-0.1, -0.05) is 13.8 Å². The van der Waals surface area contributed by atoms with Gasteiger partial charge in [-0.3, -0.25) is 4.79 Å². The molecule has 6 aliphatic rings. The molecule has 0 aromatic rings. The van der Waals surface area contributed by atoms with Gasteiger partial charge in [-0.25, -0.2) is 9.59 Å². The molecule has 6 rings (SSSR count). The lowest BCUT2D eigenvalue weighted by molar-refractivity contribution is -0.208. The number of rotatable bonds is 6. The fraction of sp³-hybridized carbons (Fsp3) is 0.844. The molecule has 9 heteroatoms. The number of ether oxygens (including phenoxy) is 3. The molecule has 0 radical (unpaired) electrons. The van der Waals surface area contributed by atoms with Crippen molar-refractivity contribution in [1.82, 2.24) is 10.2 Å². The Kier molecular flexibility index (Phi) is 7.67. The van der Waals surface area contributed by atoms with Crippen LogP contribution in [0.25, 0.3) is 0 Å². The highest BCUT2D eigenvalue weighted by atomic mass is 16.6. The number of likely N-dealkylation sites (tertiary alicyclic amines) is 1. The lowest BCUT2D eigenvalue weighted by atomic mass is 9.43. The lowest BCUT2D eigenvalue weighted by Crippen LogP contribution is -2.62. The number of aliphatic hydroxyl groups is 1. The fourth-order valence-electron chi connectivity index (χ4n) is 10.4. The number of nitrogens with one attached hydrogen (secondary N) is 1. The number of cyclic esters (lactones) is 1. The predicted molar refractivity (Wildman–Crippen MR) is 151 cm³/mol. The average molecular weight is 573 g/mol. The van der Waals surface area contributed by atoms with Crippen LogP contribution in [0.5, 0.6) is 0 Å². The third-order valence-electron chi connectivity index (χ3n) is 12.4. The molecule has 9 atom stereocenters. The molecule has 1 saturated heterocycles. The van der Waals surface area contributed by atoms with Gasteiger partial charge in [-0.2, -0.15) is 0 Å².